The molecule has 1 nitrogen and oxygen atoms in total. The number of hydrogen-bond donors (Lipinski definition) is 0. The first-order chi connectivity index (χ1) is 6.36. The summed E-state index contributed by atoms with van der Waals surface area (Å²) in [6.07, 6.45) is 5.53. The summed E-state index contributed by atoms with van der Waals surface area (Å²) in [6.45, 7) is 2.92. The summed E-state index contributed by atoms with van der Waals surface area (Å²) in [6, 6.07) is 8.48. The van der Waals surface area contributed by atoms with Crippen molar-refractivity contribution in [3.63, 3.8) is 0 Å². The molecule has 0 fully saturated rings. The zero-order valence-electron chi connectivity index (χ0n) is 7.86. The minimum absolute atomic E-state index is 0.293. The van der Waals surface area contributed by atoms with Crippen molar-refractivity contribution in [1.82, 2.24) is 0 Å². The zero-order valence-corrected chi connectivity index (χ0v) is 7.86. The van der Waals surface area contributed by atoms with Crippen molar-refractivity contribution in [2.75, 3.05) is 6.61 Å². The minimum Gasteiger partial charge on any atom is -0.370 e. The van der Waals surface area contributed by atoms with Crippen molar-refractivity contribution in [1.29, 1.82) is 0 Å². The van der Waals surface area contributed by atoms with Gasteiger partial charge in [0.2, 0.25) is 0 Å². The molecule has 0 saturated heterocycles. The van der Waals surface area contributed by atoms with Crippen LogP contribution < -0.4 is 0 Å². The van der Waals surface area contributed by atoms with Crippen molar-refractivity contribution < 1.29 is 4.74 Å². The first kappa shape index (κ1) is 8.52. The van der Waals surface area contributed by atoms with Crippen LogP contribution in [0.25, 0.3) is 0 Å². The Morgan fingerprint density at radius 3 is 2.92 bits per heavy atom. The molecule has 0 bridgehead atoms. The van der Waals surface area contributed by atoms with Crippen LogP contribution >= 0.6 is 0 Å². The van der Waals surface area contributed by atoms with Crippen molar-refractivity contribution in [3.8, 4) is 0 Å². The molecule has 1 heteroatoms. The van der Waals surface area contributed by atoms with E-state index in [1.165, 1.54) is 11.1 Å². The lowest BCUT2D eigenvalue weighted by Gasteiger charge is -2.10. The molecular weight excluding hydrogens is 160 g/mol. The molecular formula is C12H14O. The van der Waals surface area contributed by atoms with Gasteiger partial charge in [-0.2, -0.15) is 0 Å². The van der Waals surface area contributed by atoms with E-state index in [4.69, 9.17) is 4.74 Å². The van der Waals surface area contributed by atoms with Gasteiger partial charge in [-0.05, 0) is 18.1 Å². The van der Waals surface area contributed by atoms with Gasteiger partial charge in [0.05, 0.1) is 12.7 Å². The lowest BCUT2D eigenvalue weighted by molar-refractivity contribution is 0.128. The largest absolute Gasteiger partial charge is 0.370 e. The van der Waals surface area contributed by atoms with Crippen molar-refractivity contribution in [2.45, 2.75) is 19.4 Å². The van der Waals surface area contributed by atoms with E-state index in [9.17, 15) is 0 Å². The molecule has 13 heavy (non-hydrogen) atoms. The molecule has 0 aliphatic carbocycles. The van der Waals surface area contributed by atoms with E-state index in [1.54, 1.807) is 0 Å². The molecule has 0 amide bonds. The van der Waals surface area contributed by atoms with Crippen molar-refractivity contribution >= 4 is 0 Å². The standard InChI is InChI=1S/C12H14O/c1-10-5-2-3-6-11(10)9-12-7-4-8-13-12/h2-7,12H,8-9H2,1H3/t12-/m1/s1. The average Bonchev–Trinajstić information content (AvgIpc) is 2.61. The van der Waals surface area contributed by atoms with E-state index in [-0.39, 0.29) is 0 Å². The average molecular weight is 174 g/mol. The van der Waals surface area contributed by atoms with Gasteiger partial charge in [-0.1, -0.05) is 36.4 Å². The van der Waals surface area contributed by atoms with Crippen LogP contribution in [0.4, 0.5) is 0 Å². The predicted molar refractivity (Wildman–Crippen MR) is 53.8 cm³/mol. The maximum Gasteiger partial charge on any atom is 0.0801 e. The molecule has 0 saturated carbocycles. The summed E-state index contributed by atoms with van der Waals surface area (Å²) in [5, 5.41) is 0. The van der Waals surface area contributed by atoms with Crippen molar-refractivity contribution in [2.24, 2.45) is 0 Å². The minimum atomic E-state index is 0.293. The third-order valence-corrected chi connectivity index (χ3v) is 2.44. The van der Waals surface area contributed by atoms with Crippen LogP contribution in [0.15, 0.2) is 36.4 Å². The van der Waals surface area contributed by atoms with Gasteiger partial charge in [0.15, 0.2) is 0 Å². The second kappa shape index (κ2) is 3.75. The zero-order chi connectivity index (χ0) is 9.10. The predicted octanol–water partition coefficient (Wildman–Crippen LogP) is 2.49. The molecule has 2 rings (SSSR count). The molecule has 1 aliphatic heterocycles. The summed E-state index contributed by atoms with van der Waals surface area (Å²) in [5.41, 5.74) is 2.74. The third kappa shape index (κ3) is 1.99. The molecule has 0 spiro atoms. The third-order valence-electron chi connectivity index (χ3n) is 2.44. The Morgan fingerprint density at radius 1 is 1.38 bits per heavy atom. The second-order valence-corrected chi connectivity index (χ2v) is 3.43. The van der Waals surface area contributed by atoms with Crippen LogP contribution in [0, 0.1) is 6.92 Å². The molecule has 1 heterocycles. The smallest absolute Gasteiger partial charge is 0.0801 e. The lowest BCUT2D eigenvalue weighted by Crippen LogP contribution is -2.09. The molecule has 68 valence electrons. The van der Waals surface area contributed by atoms with Gasteiger partial charge in [0.1, 0.15) is 0 Å². The molecule has 1 atom stereocenters. The van der Waals surface area contributed by atoms with E-state index < -0.39 is 0 Å². The van der Waals surface area contributed by atoms with Crippen molar-refractivity contribution in [3.05, 3.63) is 47.5 Å². The molecule has 0 unspecified atom stereocenters. The first-order valence-electron chi connectivity index (χ1n) is 4.69. The molecule has 1 aromatic carbocycles. The van der Waals surface area contributed by atoms with E-state index in [2.05, 4.69) is 43.3 Å². The number of rotatable bonds is 2. The van der Waals surface area contributed by atoms with E-state index in [0.717, 1.165) is 13.0 Å². The summed E-state index contributed by atoms with van der Waals surface area (Å²) in [7, 11) is 0. The van der Waals surface area contributed by atoms with Gasteiger partial charge in [-0.25, -0.2) is 0 Å². The monoisotopic (exact) mass is 174 g/mol. The van der Waals surface area contributed by atoms with E-state index >= 15 is 0 Å². The van der Waals surface area contributed by atoms with E-state index in [1.807, 2.05) is 0 Å². The number of hydrogen-bond acceptors (Lipinski definition) is 1. The van der Waals surface area contributed by atoms with Crippen LogP contribution in [0.5, 0.6) is 0 Å². The lowest BCUT2D eigenvalue weighted by atomic mass is 10.0. The van der Waals surface area contributed by atoms with Crippen LogP contribution in [-0.4, -0.2) is 12.7 Å². The second-order valence-electron chi connectivity index (χ2n) is 3.43. The quantitative estimate of drug-likeness (QED) is 0.626. The Hall–Kier alpha value is -1.08. The first-order valence-corrected chi connectivity index (χ1v) is 4.69. The van der Waals surface area contributed by atoms with Gasteiger partial charge >= 0.3 is 0 Å². The van der Waals surface area contributed by atoms with Crippen LogP contribution in [0.3, 0.4) is 0 Å². The van der Waals surface area contributed by atoms with Crippen LogP contribution in [0.2, 0.25) is 0 Å². The highest BCUT2D eigenvalue weighted by molar-refractivity contribution is 5.27. The van der Waals surface area contributed by atoms with E-state index in [0.29, 0.717) is 6.10 Å². The van der Waals surface area contributed by atoms with Gasteiger partial charge < -0.3 is 4.74 Å². The fourth-order valence-corrected chi connectivity index (χ4v) is 1.62. The molecule has 0 radical (unpaired) electrons. The molecule has 0 aromatic heterocycles. The SMILES string of the molecule is Cc1ccccc1C[C@H]1C=CCO1. The highest BCUT2D eigenvalue weighted by Crippen LogP contribution is 2.14. The molecule has 1 aromatic rings. The Labute approximate surface area is 79.0 Å². The summed E-state index contributed by atoms with van der Waals surface area (Å²) < 4.78 is 5.50. The highest BCUT2D eigenvalue weighted by Gasteiger charge is 2.10. The molecule has 0 N–H and O–H groups in total. The summed E-state index contributed by atoms with van der Waals surface area (Å²) in [5.74, 6) is 0. The summed E-state index contributed by atoms with van der Waals surface area (Å²) >= 11 is 0. The number of aryl methyl sites for hydroxylation is 1. The van der Waals surface area contributed by atoms with Crippen LogP contribution in [0.1, 0.15) is 11.1 Å². The summed E-state index contributed by atoms with van der Waals surface area (Å²) in [4.78, 5) is 0. The maximum absolute atomic E-state index is 5.50. The highest BCUT2D eigenvalue weighted by atomic mass is 16.5. The topological polar surface area (TPSA) is 9.23 Å². The van der Waals surface area contributed by atoms with Gasteiger partial charge in [0.25, 0.3) is 0 Å². The Morgan fingerprint density at radius 2 is 2.23 bits per heavy atom. The Bertz CT molecular complexity index is 315. The fourth-order valence-electron chi connectivity index (χ4n) is 1.62. The van der Waals surface area contributed by atoms with Gasteiger partial charge in [-0.15, -0.1) is 0 Å². The van der Waals surface area contributed by atoms with Gasteiger partial charge in [-0.3, -0.25) is 0 Å². The number of ether oxygens (including phenoxy) is 1. The Kier molecular flexibility index (Phi) is 2.46. The van der Waals surface area contributed by atoms with Crippen LogP contribution in [-0.2, 0) is 11.2 Å². The maximum atomic E-state index is 5.50. The normalized spacial score (nSPS) is 20.8. The number of benzene rings is 1. The Balaban J connectivity index is 2.09. The van der Waals surface area contributed by atoms with Gasteiger partial charge in [0, 0.05) is 6.42 Å². The fraction of sp³-hybridized carbons (Fsp3) is 0.333. The molecule has 1 aliphatic rings.